The SMILES string of the molecule is O=C(CC1CCN(C(=O)c2ccc3oc(C4CC4)nc3c2)CC1)NCc1ccc(F)cc1. The van der Waals surface area contributed by atoms with E-state index in [1.165, 1.54) is 12.1 Å². The van der Waals surface area contributed by atoms with Crippen molar-refractivity contribution in [1.82, 2.24) is 15.2 Å². The van der Waals surface area contributed by atoms with E-state index >= 15 is 0 Å². The van der Waals surface area contributed by atoms with Gasteiger partial charge in [0.1, 0.15) is 11.3 Å². The summed E-state index contributed by atoms with van der Waals surface area (Å²) in [5.74, 6) is 1.18. The molecule has 6 nitrogen and oxygen atoms in total. The summed E-state index contributed by atoms with van der Waals surface area (Å²) in [6.07, 6.45) is 4.29. The fraction of sp³-hybridized carbons (Fsp3) is 0.400. The highest BCUT2D eigenvalue weighted by Gasteiger charge is 2.29. The van der Waals surface area contributed by atoms with Gasteiger partial charge in [0.25, 0.3) is 5.91 Å². The van der Waals surface area contributed by atoms with Crippen LogP contribution in [-0.4, -0.2) is 34.8 Å². The monoisotopic (exact) mass is 435 g/mol. The van der Waals surface area contributed by atoms with E-state index in [2.05, 4.69) is 10.3 Å². The van der Waals surface area contributed by atoms with Crippen molar-refractivity contribution >= 4 is 22.9 Å². The molecule has 2 heterocycles. The number of carbonyl (C=O) groups excluding carboxylic acids is 2. The molecule has 1 saturated carbocycles. The minimum absolute atomic E-state index is 0.00193. The molecule has 1 N–H and O–H groups in total. The van der Waals surface area contributed by atoms with Crippen molar-refractivity contribution in [3.63, 3.8) is 0 Å². The molecule has 3 aromatic rings. The number of amides is 2. The van der Waals surface area contributed by atoms with Gasteiger partial charge >= 0.3 is 0 Å². The van der Waals surface area contributed by atoms with Crippen molar-refractivity contribution in [1.29, 1.82) is 0 Å². The summed E-state index contributed by atoms with van der Waals surface area (Å²) in [6.45, 7) is 1.67. The first kappa shape index (κ1) is 20.7. The second-order valence-corrected chi connectivity index (χ2v) is 8.85. The van der Waals surface area contributed by atoms with Gasteiger partial charge in [-0.2, -0.15) is 0 Å². The number of fused-ring (bicyclic) bond motifs is 1. The molecule has 0 bridgehead atoms. The zero-order chi connectivity index (χ0) is 22.1. The number of piperidine rings is 1. The summed E-state index contributed by atoms with van der Waals surface area (Å²) in [6, 6.07) is 11.6. The molecule has 1 aliphatic heterocycles. The van der Waals surface area contributed by atoms with E-state index in [4.69, 9.17) is 4.42 Å². The van der Waals surface area contributed by atoms with Crippen molar-refractivity contribution in [2.24, 2.45) is 5.92 Å². The number of halogens is 1. The Bertz CT molecular complexity index is 1130. The zero-order valence-corrected chi connectivity index (χ0v) is 17.9. The van der Waals surface area contributed by atoms with Gasteiger partial charge < -0.3 is 14.6 Å². The molecule has 0 unspecified atom stereocenters. The van der Waals surface area contributed by atoms with E-state index in [-0.39, 0.29) is 23.5 Å². The molecule has 1 saturated heterocycles. The summed E-state index contributed by atoms with van der Waals surface area (Å²) >= 11 is 0. The van der Waals surface area contributed by atoms with Crippen LogP contribution < -0.4 is 5.32 Å². The Morgan fingerprint density at radius 1 is 1.06 bits per heavy atom. The van der Waals surface area contributed by atoms with Crippen LogP contribution in [0.3, 0.4) is 0 Å². The fourth-order valence-corrected chi connectivity index (χ4v) is 4.24. The third-order valence-corrected chi connectivity index (χ3v) is 6.36. The summed E-state index contributed by atoms with van der Waals surface area (Å²) in [5.41, 5.74) is 2.97. The molecule has 0 atom stereocenters. The maximum atomic E-state index is 13.0. The number of benzene rings is 2. The normalized spacial score (nSPS) is 17.0. The molecule has 2 amide bonds. The maximum absolute atomic E-state index is 13.0. The van der Waals surface area contributed by atoms with Crippen molar-refractivity contribution in [2.75, 3.05) is 13.1 Å². The average Bonchev–Trinajstić information content (AvgIpc) is 3.57. The number of oxazole rings is 1. The lowest BCUT2D eigenvalue weighted by molar-refractivity contribution is -0.122. The lowest BCUT2D eigenvalue weighted by Gasteiger charge is -2.31. The van der Waals surface area contributed by atoms with Crippen molar-refractivity contribution < 1.29 is 18.4 Å². The molecule has 2 fully saturated rings. The number of likely N-dealkylation sites (tertiary alicyclic amines) is 1. The number of aromatic nitrogens is 1. The van der Waals surface area contributed by atoms with Crippen LogP contribution in [0.1, 0.15) is 59.8 Å². The Labute approximate surface area is 185 Å². The highest BCUT2D eigenvalue weighted by atomic mass is 19.1. The molecule has 2 aliphatic rings. The Morgan fingerprint density at radius 3 is 2.53 bits per heavy atom. The van der Waals surface area contributed by atoms with Gasteiger partial charge in [-0.15, -0.1) is 0 Å². The van der Waals surface area contributed by atoms with Gasteiger partial charge in [-0.25, -0.2) is 9.37 Å². The van der Waals surface area contributed by atoms with Gasteiger partial charge in [0.05, 0.1) is 0 Å². The Balaban J connectivity index is 1.11. The van der Waals surface area contributed by atoms with Crippen LogP contribution in [0.5, 0.6) is 0 Å². The van der Waals surface area contributed by atoms with E-state index < -0.39 is 0 Å². The van der Waals surface area contributed by atoms with E-state index in [1.807, 2.05) is 23.1 Å². The number of rotatable bonds is 6. The highest BCUT2D eigenvalue weighted by Crippen LogP contribution is 2.40. The second-order valence-electron chi connectivity index (χ2n) is 8.85. The standard InChI is InChI=1S/C25H26FN3O3/c26-20-6-1-17(2-7-20)15-27-23(30)13-16-9-11-29(12-10-16)25(31)19-5-8-22-21(14-19)28-24(32-22)18-3-4-18/h1-2,5-8,14,16,18H,3-4,9-13,15H2,(H,27,30). The smallest absolute Gasteiger partial charge is 0.253 e. The quantitative estimate of drug-likeness (QED) is 0.623. The molecule has 166 valence electrons. The topological polar surface area (TPSA) is 75.4 Å². The summed E-state index contributed by atoms with van der Waals surface area (Å²) in [5, 5.41) is 2.90. The van der Waals surface area contributed by atoms with Crippen LogP contribution in [0.25, 0.3) is 11.1 Å². The van der Waals surface area contributed by atoms with Gasteiger partial charge in [0.15, 0.2) is 11.5 Å². The predicted octanol–water partition coefficient (Wildman–Crippen LogP) is 4.40. The first-order valence-corrected chi connectivity index (χ1v) is 11.3. The highest BCUT2D eigenvalue weighted by molar-refractivity contribution is 5.97. The fourth-order valence-electron chi connectivity index (χ4n) is 4.24. The number of nitrogens with one attached hydrogen (secondary N) is 1. The van der Waals surface area contributed by atoms with Crippen LogP contribution in [0.15, 0.2) is 46.9 Å². The van der Waals surface area contributed by atoms with Crippen molar-refractivity contribution in [3.05, 3.63) is 65.3 Å². The third-order valence-electron chi connectivity index (χ3n) is 6.36. The Morgan fingerprint density at radius 2 is 1.81 bits per heavy atom. The maximum Gasteiger partial charge on any atom is 0.253 e. The number of hydrogen-bond acceptors (Lipinski definition) is 4. The lowest BCUT2D eigenvalue weighted by Crippen LogP contribution is -2.39. The lowest BCUT2D eigenvalue weighted by atomic mass is 9.92. The molecule has 0 spiro atoms. The zero-order valence-electron chi connectivity index (χ0n) is 17.9. The summed E-state index contributed by atoms with van der Waals surface area (Å²) in [7, 11) is 0. The van der Waals surface area contributed by atoms with Crippen LogP contribution >= 0.6 is 0 Å². The molecular weight excluding hydrogens is 409 g/mol. The Hall–Kier alpha value is -3.22. The summed E-state index contributed by atoms with van der Waals surface area (Å²) < 4.78 is 18.8. The van der Waals surface area contributed by atoms with Gasteiger partial charge in [-0.3, -0.25) is 9.59 Å². The minimum Gasteiger partial charge on any atom is -0.440 e. The molecule has 5 rings (SSSR count). The molecule has 0 radical (unpaired) electrons. The van der Waals surface area contributed by atoms with Gasteiger partial charge in [-0.05, 0) is 67.5 Å². The van der Waals surface area contributed by atoms with Crippen LogP contribution in [0.2, 0.25) is 0 Å². The van der Waals surface area contributed by atoms with E-state index in [9.17, 15) is 14.0 Å². The first-order valence-electron chi connectivity index (χ1n) is 11.3. The number of nitrogens with zero attached hydrogens (tertiary/aromatic N) is 2. The van der Waals surface area contributed by atoms with Crippen LogP contribution in [-0.2, 0) is 11.3 Å². The number of hydrogen-bond donors (Lipinski definition) is 1. The molecule has 32 heavy (non-hydrogen) atoms. The second kappa shape index (κ2) is 8.73. The van der Waals surface area contributed by atoms with E-state index in [0.29, 0.717) is 37.5 Å². The minimum atomic E-state index is -0.287. The first-order chi connectivity index (χ1) is 15.5. The van der Waals surface area contributed by atoms with Crippen molar-refractivity contribution in [2.45, 2.75) is 44.6 Å². The number of carbonyl (C=O) groups is 2. The Kier molecular flexibility index (Phi) is 5.64. The molecule has 1 aliphatic carbocycles. The predicted molar refractivity (Wildman–Crippen MR) is 117 cm³/mol. The largest absolute Gasteiger partial charge is 0.440 e. The van der Waals surface area contributed by atoms with Crippen molar-refractivity contribution in [3.8, 4) is 0 Å². The third kappa shape index (κ3) is 4.66. The van der Waals surface area contributed by atoms with E-state index in [1.54, 1.807) is 12.1 Å². The summed E-state index contributed by atoms with van der Waals surface area (Å²) in [4.78, 5) is 31.7. The van der Waals surface area contributed by atoms with Gasteiger partial charge in [-0.1, -0.05) is 12.1 Å². The van der Waals surface area contributed by atoms with Gasteiger partial charge in [0.2, 0.25) is 5.91 Å². The molecular formula is C25H26FN3O3. The van der Waals surface area contributed by atoms with Gasteiger partial charge in [0, 0.05) is 37.5 Å². The molecule has 1 aromatic heterocycles. The van der Waals surface area contributed by atoms with Crippen LogP contribution in [0.4, 0.5) is 4.39 Å². The molecule has 2 aromatic carbocycles. The molecule has 7 heteroatoms. The average molecular weight is 435 g/mol. The van der Waals surface area contributed by atoms with Crippen LogP contribution in [0, 0.1) is 11.7 Å². The van der Waals surface area contributed by atoms with E-state index in [0.717, 1.165) is 48.2 Å².